The van der Waals surface area contributed by atoms with E-state index in [0.717, 1.165) is 42.5 Å². The second-order valence-electron chi connectivity index (χ2n) is 7.30. The number of aryl methyl sites for hydroxylation is 1. The summed E-state index contributed by atoms with van der Waals surface area (Å²) in [5, 5.41) is 3.12. The van der Waals surface area contributed by atoms with Gasteiger partial charge in [0.05, 0.1) is 39.6 Å². The SMILES string of the molecule is COC(=O)c1c(NC(=O)COC(=O)c2cc(OC)c(OC)c(OC)c2)sc2c1CCCCC2. The van der Waals surface area contributed by atoms with E-state index < -0.39 is 24.5 Å². The van der Waals surface area contributed by atoms with Crippen molar-refractivity contribution in [3.8, 4) is 17.2 Å². The van der Waals surface area contributed by atoms with Gasteiger partial charge in [-0.3, -0.25) is 4.79 Å². The summed E-state index contributed by atoms with van der Waals surface area (Å²) in [6.07, 6.45) is 4.74. The first-order chi connectivity index (χ1) is 15.9. The van der Waals surface area contributed by atoms with E-state index in [-0.39, 0.29) is 17.1 Å². The van der Waals surface area contributed by atoms with Crippen LogP contribution in [0.15, 0.2) is 12.1 Å². The Labute approximate surface area is 195 Å². The summed E-state index contributed by atoms with van der Waals surface area (Å²) in [7, 11) is 5.63. The number of benzene rings is 1. The summed E-state index contributed by atoms with van der Waals surface area (Å²) in [5.74, 6) is -0.870. The van der Waals surface area contributed by atoms with Crippen LogP contribution in [0.4, 0.5) is 5.00 Å². The maximum atomic E-state index is 12.5. The maximum absolute atomic E-state index is 12.5. The van der Waals surface area contributed by atoms with E-state index in [0.29, 0.717) is 16.3 Å². The van der Waals surface area contributed by atoms with Crippen molar-refractivity contribution in [3.63, 3.8) is 0 Å². The lowest BCUT2D eigenvalue weighted by Gasteiger charge is -2.13. The first-order valence-electron chi connectivity index (χ1n) is 10.4. The van der Waals surface area contributed by atoms with Crippen LogP contribution < -0.4 is 19.5 Å². The summed E-state index contributed by atoms with van der Waals surface area (Å²) < 4.78 is 25.8. The molecule has 0 fully saturated rings. The molecule has 1 aliphatic rings. The second-order valence-corrected chi connectivity index (χ2v) is 8.40. The van der Waals surface area contributed by atoms with Crippen LogP contribution in [0.2, 0.25) is 0 Å². The summed E-state index contributed by atoms with van der Waals surface area (Å²) >= 11 is 1.37. The summed E-state index contributed by atoms with van der Waals surface area (Å²) in [6, 6.07) is 2.88. The van der Waals surface area contributed by atoms with Crippen molar-refractivity contribution in [3.05, 3.63) is 33.7 Å². The van der Waals surface area contributed by atoms with Gasteiger partial charge >= 0.3 is 11.9 Å². The molecule has 3 rings (SSSR count). The molecule has 0 saturated heterocycles. The van der Waals surface area contributed by atoms with E-state index >= 15 is 0 Å². The topological polar surface area (TPSA) is 109 Å². The van der Waals surface area contributed by atoms with Gasteiger partial charge in [0.1, 0.15) is 5.00 Å². The molecule has 1 aromatic heterocycles. The zero-order valence-corrected chi connectivity index (χ0v) is 19.9. The molecular weight excluding hydrogens is 450 g/mol. The predicted octanol–water partition coefficient (Wildman–Crippen LogP) is 3.62. The Morgan fingerprint density at radius 2 is 1.58 bits per heavy atom. The molecule has 1 N–H and O–H groups in total. The number of ether oxygens (including phenoxy) is 5. The van der Waals surface area contributed by atoms with E-state index in [1.54, 1.807) is 0 Å². The van der Waals surface area contributed by atoms with Crippen LogP contribution in [0, 0.1) is 0 Å². The highest BCUT2D eigenvalue weighted by atomic mass is 32.1. The lowest BCUT2D eigenvalue weighted by molar-refractivity contribution is -0.119. The Morgan fingerprint density at radius 3 is 2.18 bits per heavy atom. The van der Waals surface area contributed by atoms with Crippen LogP contribution in [-0.2, 0) is 27.1 Å². The second kappa shape index (κ2) is 11.0. The highest BCUT2D eigenvalue weighted by Crippen LogP contribution is 2.39. The smallest absolute Gasteiger partial charge is 0.341 e. The Hall–Kier alpha value is -3.27. The summed E-state index contributed by atoms with van der Waals surface area (Å²) in [6.45, 7) is -0.529. The number of hydrogen-bond donors (Lipinski definition) is 1. The van der Waals surface area contributed by atoms with Crippen LogP contribution in [0.1, 0.15) is 50.4 Å². The first-order valence-corrected chi connectivity index (χ1v) is 11.2. The molecule has 178 valence electrons. The number of carbonyl (C=O) groups excluding carboxylic acids is 3. The van der Waals surface area contributed by atoms with Gasteiger partial charge in [0, 0.05) is 4.88 Å². The van der Waals surface area contributed by atoms with Crippen molar-refractivity contribution in [1.82, 2.24) is 0 Å². The van der Waals surface area contributed by atoms with Crippen LogP contribution in [-0.4, -0.2) is 52.9 Å². The number of fused-ring (bicyclic) bond motifs is 1. The lowest BCUT2D eigenvalue weighted by Crippen LogP contribution is -2.22. The van der Waals surface area contributed by atoms with Crippen LogP contribution in [0.25, 0.3) is 0 Å². The monoisotopic (exact) mass is 477 g/mol. The van der Waals surface area contributed by atoms with Gasteiger partial charge in [-0.1, -0.05) is 6.42 Å². The molecule has 0 spiro atoms. The Balaban J connectivity index is 1.72. The van der Waals surface area contributed by atoms with E-state index in [4.69, 9.17) is 23.7 Å². The molecule has 9 nitrogen and oxygen atoms in total. The first kappa shape index (κ1) is 24.4. The standard InChI is InChI=1S/C23H27NO8S/c1-28-15-10-13(11-16(29-2)20(15)30-3)22(26)32-12-18(25)24-21-19(23(27)31-4)14-8-6-5-7-9-17(14)33-21/h10-11H,5-9,12H2,1-4H3,(H,24,25). The number of rotatable bonds is 8. The van der Waals surface area contributed by atoms with Crippen molar-refractivity contribution in [2.24, 2.45) is 0 Å². The maximum Gasteiger partial charge on any atom is 0.341 e. The molecule has 0 atom stereocenters. The molecule has 0 aliphatic heterocycles. The van der Waals surface area contributed by atoms with Gasteiger partial charge in [0.2, 0.25) is 5.75 Å². The van der Waals surface area contributed by atoms with E-state index in [9.17, 15) is 14.4 Å². The number of anilines is 1. The Kier molecular flexibility index (Phi) is 8.16. The Morgan fingerprint density at radius 1 is 0.909 bits per heavy atom. The lowest BCUT2D eigenvalue weighted by atomic mass is 10.1. The van der Waals surface area contributed by atoms with Gasteiger partial charge in [0.15, 0.2) is 18.1 Å². The number of nitrogens with one attached hydrogen (secondary N) is 1. The number of thiophene rings is 1. The molecule has 10 heteroatoms. The minimum Gasteiger partial charge on any atom is -0.493 e. The molecule has 0 unspecified atom stereocenters. The van der Waals surface area contributed by atoms with Gasteiger partial charge in [-0.05, 0) is 43.4 Å². The number of esters is 2. The zero-order chi connectivity index (χ0) is 24.0. The van der Waals surface area contributed by atoms with Gasteiger partial charge in [-0.25, -0.2) is 9.59 Å². The van der Waals surface area contributed by atoms with E-state index in [2.05, 4.69) is 5.32 Å². The third kappa shape index (κ3) is 5.39. The predicted molar refractivity (Wildman–Crippen MR) is 122 cm³/mol. The summed E-state index contributed by atoms with van der Waals surface area (Å²) in [4.78, 5) is 38.5. The molecule has 2 aromatic rings. The third-order valence-corrected chi connectivity index (χ3v) is 6.51. The fourth-order valence-electron chi connectivity index (χ4n) is 3.72. The van der Waals surface area contributed by atoms with Gasteiger partial charge < -0.3 is 29.0 Å². The quantitative estimate of drug-likeness (QED) is 0.454. The molecule has 0 bridgehead atoms. The van der Waals surface area contributed by atoms with Gasteiger partial charge in [-0.15, -0.1) is 11.3 Å². The van der Waals surface area contributed by atoms with E-state index in [1.165, 1.54) is 51.9 Å². The minimum atomic E-state index is -0.737. The minimum absolute atomic E-state index is 0.135. The normalized spacial score (nSPS) is 12.7. The van der Waals surface area contributed by atoms with Crippen LogP contribution in [0.5, 0.6) is 17.2 Å². The average molecular weight is 478 g/mol. The highest BCUT2D eigenvalue weighted by Gasteiger charge is 2.26. The molecule has 1 aliphatic carbocycles. The fraction of sp³-hybridized carbons (Fsp3) is 0.435. The summed E-state index contributed by atoms with van der Waals surface area (Å²) in [5.41, 5.74) is 1.47. The van der Waals surface area contributed by atoms with Crippen LogP contribution >= 0.6 is 11.3 Å². The van der Waals surface area contributed by atoms with Gasteiger partial charge in [0.25, 0.3) is 5.91 Å². The van der Waals surface area contributed by atoms with Crippen molar-refractivity contribution in [2.75, 3.05) is 40.4 Å². The molecule has 33 heavy (non-hydrogen) atoms. The van der Waals surface area contributed by atoms with Crippen LogP contribution in [0.3, 0.4) is 0 Å². The molecular formula is C23H27NO8S. The fourth-order valence-corrected chi connectivity index (χ4v) is 5.02. The molecule has 0 radical (unpaired) electrons. The number of amides is 1. The molecule has 0 saturated carbocycles. The largest absolute Gasteiger partial charge is 0.493 e. The molecule has 1 amide bonds. The Bertz CT molecular complexity index is 1020. The van der Waals surface area contributed by atoms with Crippen molar-refractivity contribution in [2.45, 2.75) is 32.1 Å². The molecule has 1 aromatic carbocycles. The average Bonchev–Trinajstić information content (AvgIpc) is 3.00. The van der Waals surface area contributed by atoms with E-state index in [1.807, 2.05) is 0 Å². The van der Waals surface area contributed by atoms with Crippen molar-refractivity contribution in [1.29, 1.82) is 0 Å². The number of carbonyl (C=O) groups is 3. The number of hydrogen-bond acceptors (Lipinski definition) is 9. The van der Waals surface area contributed by atoms with Crippen molar-refractivity contribution >= 4 is 34.2 Å². The molecule has 1 heterocycles. The highest BCUT2D eigenvalue weighted by molar-refractivity contribution is 7.17. The van der Waals surface area contributed by atoms with Crippen molar-refractivity contribution < 1.29 is 38.1 Å². The number of methoxy groups -OCH3 is 4. The zero-order valence-electron chi connectivity index (χ0n) is 19.1. The van der Waals surface area contributed by atoms with Gasteiger partial charge in [-0.2, -0.15) is 0 Å². The third-order valence-electron chi connectivity index (χ3n) is 5.30.